The third-order valence-electron chi connectivity index (χ3n) is 2.18. The van der Waals surface area contributed by atoms with Crippen LogP contribution in [0.4, 0.5) is 0 Å². The summed E-state index contributed by atoms with van der Waals surface area (Å²) < 4.78 is 15.9. The molecule has 2 rings (SSSR count). The van der Waals surface area contributed by atoms with Crippen molar-refractivity contribution in [2.24, 2.45) is 0 Å². The highest BCUT2D eigenvalue weighted by Gasteiger charge is 2.13. The van der Waals surface area contributed by atoms with Gasteiger partial charge in [0.1, 0.15) is 12.4 Å². The van der Waals surface area contributed by atoms with Crippen LogP contribution >= 0.6 is 0 Å². The number of nitrogens with one attached hydrogen (secondary N) is 1. The normalized spacial score (nSPS) is 12.8. The maximum absolute atomic E-state index is 8.55. The summed E-state index contributed by atoms with van der Waals surface area (Å²) in [6, 6.07) is 5.49. The third-order valence-corrected chi connectivity index (χ3v) is 2.18. The second-order valence-corrected chi connectivity index (χ2v) is 3.34. The molecule has 1 aromatic carbocycles. The van der Waals surface area contributed by atoms with Gasteiger partial charge in [-0.1, -0.05) is 0 Å². The number of benzene rings is 1. The lowest BCUT2D eigenvalue weighted by Gasteiger charge is -2.07. The Kier molecular flexibility index (Phi) is 3.85. The molecule has 5 nitrogen and oxygen atoms in total. The molecular formula is C11H15NO4. The Hall–Kier alpha value is -1.46. The number of aliphatic hydroxyl groups is 1. The van der Waals surface area contributed by atoms with Gasteiger partial charge in [-0.3, -0.25) is 0 Å². The second kappa shape index (κ2) is 5.58. The standard InChI is InChI=1S/C11H15NO4/c13-5-3-12-4-6-14-9-1-2-10-11(7-9)16-8-15-10/h1-2,7,12-13H,3-6,8H2. The van der Waals surface area contributed by atoms with Crippen LogP contribution in [0.25, 0.3) is 0 Å². The van der Waals surface area contributed by atoms with Crippen LogP contribution in [0.5, 0.6) is 17.2 Å². The number of hydrogen-bond acceptors (Lipinski definition) is 5. The Morgan fingerprint density at radius 3 is 3.00 bits per heavy atom. The van der Waals surface area contributed by atoms with Gasteiger partial charge in [-0.25, -0.2) is 0 Å². The summed E-state index contributed by atoms with van der Waals surface area (Å²) >= 11 is 0. The smallest absolute Gasteiger partial charge is 0.231 e. The topological polar surface area (TPSA) is 60.0 Å². The molecule has 88 valence electrons. The summed E-state index contributed by atoms with van der Waals surface area (Å²) in [5, 5.41) is 11.6. The molecule has 1 aromatic rings. The average molecular weight is 225 g/mol. The number of hydrogen-bond donors (Lipinski definition) is 2. The first-order valence-electron chi connectivity index (χ1n) is 5.24. The number of aliphatic hydroxyl groups excluding tert-OH is 1. The number of rotatable bonds is 6. The SMILES string of the molecule is OCCNCCOc1ccc2c(c1)OCO2. The van der Waals surface area contributed by atoms with Crippen LogP contribution in [0, 0.1) is 0 Å². The lowest BCUT2D eigenvalue weighted by molar-refractivity contribution is 0.173. The summed E-state index contributed by atoms with van der Waals surface area (Å²) in [6.07, 6.45) is 0. The van der Waals surface area contributed by atoms with E-state index in [1.165, 1.54) is 0 Å². The Morgan fingerprint density at radius 2 is 2.12 bits per heavy atom. The monoisotopic (exact) mass is 225 g/mol. The molecule has 5 heteroatoms. The lowest BCUT2D eigenvalue weighted by Crippen LogP contribution is -2.23. The van der Waals surface area contributed by atoms with Gasteiger partial charge in [0.15, 0.2) is 11.5 Å². The first kappa shape index (κ1) is 11.0. The molecule has 0 aliphatic carbocycles. The van der Waals surface area contributed by atoms with Crippen molar-refractivity contribution in [3.63, 3.8) is 0 Å². The van der Waals surface area contributed by atoms with Gasteiger partial charge in [0, 0.05) is 19.2 Å². The van der Waals surface area contributed by atoms with E-state index in [2.05, 4.69) is 5.32 Å². The largest absolute Gasteiger partial charge is 0.492 e. The Balaban J connectivity index is 1.77. The number of fused-ring (bicyclic) bond motifs is 1. The van der Waals surface area contributed by atoms with Crippen LogP contribution in [-0.2, 0) is 0 Å². The fourth-order valence-electron chi connectivity index (χ4n) is 1.41. The van der Waals surface area contributed by atoms with Gasteiger partial charge in [0.05, 0.1) is 6.61 Å². The van der Waals surface area contributed by atoms with Gasteiger partial charge >= 0.3 is 0 Å². The average Bonchev–Trinajstić information content (AvgIpc) is 2.76. The summed E-state index contributed by atoms with van der Waals surface area (Å²) in [5.41, 5.74) is 0. The van der Waals surface area contributed by atoms with E-state index in [1.54, 1.807) is 0 Å². The van der Waals surface area contributed by atoms with Crippen molar-refractivity contribution in [2.45, 2.75) is 0 Å². The zero-order valence-electron chi connectivity index (χ0n) is 8.94. The van der Waals surface area contributed by atoms with Gasteiger partial charge < -0.3 is 24.6 Å². The van der Waals surface area contributed by atoms with Gasteiger partial charge in [0.25, 0.3) is 0 Å². The highest BCUT2D eigenvalue weighted by Crippen LogP contribution is 2.34. The predicted molar refractivity (Wildman–Crippen MR) is 58.0 cm³/mol. The molecule has 0 atom stereocenters. The van der Waals surface area contributed by atoms with Crippen molar-refractivity contribution in [2.75, 3.05) is 33.1 Å². The van der Waals surface area contributed by atoms with Gasteiger partial charge in [0.2, 0.25) is 6.79 Å². The van der Waals surface area contributed by atoms with Crippen molar-refractivity contribution >= 4 is 0 Å². The molecule has 0 bridgehead atoms. The van der Waals surface area contributed by atoms with Crippen molar-refractivity contribution in [1.82, 2.24) is 5.32 Å². The van der Waals surface area contributed by atoms with E-state index in [0.29, 0.717) is 19.7 Å². The molecular weight excluding hydrogens is 210 g/mol. The van der Waals surface area contributed by atoms with Crippen LogP contribution in [0.1, 0.15) is 0 Å². The summed E-state index contributed by atoms with van der Waals surface area (Å²) in [7, 11) is 0. The molecule has 0 fully saturated rings. The maximum atomic E-state index is 8.55. The minimum absolute atomic E-state index is 0.143. The maximum Gasteiger partial charge on any atom is 0.231 e. The Morgan fingerprint density at radius 1 is 1.25 bits per heavy atom. The van der Waals surface area contributed by atoms with Crippen LogP contribution in [0.3, 0.4) is 0 Å². The van der Waals surface area contributed by atoms with E-state index in [9.17, 15) is 0 Å². The molecule has 0 spiro atoms. The molecule has 0 amide bonds. The van der Waals surface area contributed by atoms with Crippen LogP contribution in [0.2, 0.25) is 0 Å². The molecule has 16 heavy (non-hydrogen) atoms. The van der Waals surface area contributed by atoms with E-state index < -0.39 is 0 Å². The van der Waals surface area contributed by atoms with Crippen molar-refractivity contribution in [3.8, 4) is 17.2 Å². The van der Waals surface area contributed by atoms with Crippen molar-refractivity contribution < 1.29 is 19.3 Å². The minimum Gasteiger partial charge on any atom is -0.492 e. The zero-order valence-corrected chi connectivity index (χ0v) is 8.94. The molecule has 0 radical (unpaired) electrons. The highest BCUT2D eigenvalue weighted by molar-refractivity contribution is 5.46. The van der Waals surface area contributed by atoms with E-state index in [4.69, 9.17) is 19.3 Å². The molecule has 1 aliphatic rings. The zero-order chi connectivity index (χ0) is 11.2. The fourth-order valence-corrected chi connectivity index (χ4v) is 1.41. The quantitative estimate of drug-likeness (QED) is 0.685. The second-order valence-electron chi connectivity index (χ2n) is 3.34. The van der Waals surface area contributed by atoms with E-state index in [-0.39, 0.29) is 13.4 Å². The van der Waals surface area contributed by atoms with Crippen LogP contribution in [0.15, 0.2) is 18.2 Å². The molecule has 1 heterocycles. The fraction of sp³-hybridized carbons (Fsp3) is 0.455. The van der Waals surface area contributed by atoms with E-state index >= 15 is 0 Å². The molecule has 1 aliphatic heterocycles. The van der Waals surface area contributed by atoms with E-state index in [0.717, 1.165) is 17.2 Å². The van der Waals surface area contributed by atoms with Crippen LogP contribution in [-0.4, -0.2) is 38.2 Å². The molecule has 2 N–H and O–H groups in total. The molecule has 0 unspecified atom stereocenters. The molecule has 0 aromatic heterocycles. The predicted octanol–water partition coefficient (Wildman–Crippen LogP) is 0.376. The van der Waals surface area contributed by atoms with Gasteiger partial charge in [-0.15, -0.1) is 0 Å². The minimum atomic E-state index is 0.143. The summed E-state index contributed by atoms with van der Waals surface area (Å²) in [4.78, 5) is 0. The van der Waals surface area contributed by atoms with Crippen molar-refractivity contribution in [3.05, 3.63) is 18.2 Å². The molecule has 0 saturated heterocycles. The lowest BCUT2D eigenvalue weighted by atomic mass is 10.3. The van der Waals surface area contributed by atoms with Crippen molar-refractivity contribution in [1.29, 1.82) is 0 Å². The van der Waals surface area contributed by atoms with Gasteiger partial charge in [-0.2, -0.15) is 0 Å². The molecule has 0 saturated carbocycles. The Bertz CT molecular complexity index is 343. The van der Waals surface area contributed by atoms with Crippen LogP contribution < -0.4 is 19.5 Å². The van der Waals surface area contributed by atoms with Gasteiger partial charge in [-0.05, 0) is 12.1 Å². The highest BCUT2D eigenvalue weighted by atomic mass is 16.7. The first-order valence-corrected chi connectivity index (χ1v) is 5.24. The summed E-state index contributed by atoms with van der Waals surface area (Å²) in [5.74, 6) is 2.24. The van der Waals surface area contributed by atoms with E-state index in [1.807, 2.05) is 18.2 Å². The first-order chi connectivity index (χ1) is 7.90. The number of ether oxygens (including phenoxy) is 3. The third kappa shape index (κ3) is 2.77. The Labute approximate surface area is 93.9 Å². The summed E-state index contributed by atoms with van der Waals surface area (Å²) in [6.45, 7) is 2.26.